The number of ether oxygens (including phenoxy) is 1. The van der Waals surface area contributed by atoms with E-state index >= 15 is 0 Å². The van der Waals surface area contributed by atoms with E-state index in [0.717, 1.165) is 24.8 Å². The zero-order chi connectivity index (χ0) is 13.0. The van der Waals surface area contributed by atoms with E-state index in [-0.39, 0.29) is 18.4 Å². The van der Waals surface area contributed by atoms with Crippen molar-refractivity contribution in [2.75, 3.05) is 6.61 Å². The van der Waals surface area contributed by atoms with Crippen LogP contribution in [0.4, 0.5) is 4.39 Å². The van der Waals surface area contributed by atoms with Crippen LogP contribution in [0.1, 0.15) is 37.7 Å². The molecule has 18 heavy (non-hydrogen) atoms. The summed E-state index contributed by atoms with van der Waals surface area (Å²) in [7, 11) is 0. The molecule has 0 aromatic heterocycles. The molecule has 0 bridgehead atoms. The van der Waals surface area contributed by atoms with Crippen LogP contribution in [0.25, 0.3) is 0 Å². The Kier molecular flexibility index (Phi) is 4.34. The fraction of sp³-hybridized carbons (Fsp3) is 0.533. The van der Waals surface area contributed by atoms with Crippen molar-refractivity contribution in [3.63, 3.8) is 0 Å². The van der Waals surface area contributed by atoms with E-state index < -0.39 is 12.1 Å². The number of halogens is 1. The molecule has 1 saturated carbocycles. The van der Waals surface area contributed by atoms with Crippen LogP contribution in [-0.4, -0.2) is 18.7 Å². The predicted octanol–water partition coefficient (Wildman–Crippen LogP) is 3.47. The molecular weight excluding hydrogens is 231 g/mol. The van der Waals surface area contributed by atoms with Crippen molar-refractivity contribution in [3.8, 4) is 0 Å². The number of carbonyl (C=O) groups is 1. The Bertz CT molecular complexity index is 391. The molecule has 0 radical (unpaired) electrons. The first-order valence-electron chi connectivity index (χ1n) is 6.59. The Morgan fingerprint density at radius 2 is 2.11 bits per heavy atom. The lowest BCUT2D eigenvalue weighted by molar-refractivity contribution is -0.151. The van der Waals surface area contributed by atoms with E-state index in [4.69, 9.17) is 4.74 Å². The van der Waals surface area contributed by atoms with Gasteiger partial charge in [-0.3, -0.25) is 0 Å². The van der Waals surface area contributed by atoms with Crippen molar-refractivity contribution < 1.29 is 13.9 Å². The average molecular weight is 250 g/mol. The normalized spacial score (nSPS) is 24.8. The Balaban J connectivity index is 2.10. The van der Waals surface area contributed by atoms with Crippen molar-refractivity contribution in [3.05, 3.63) is 35.9 Å². The van der Waals surface area contributed by atoms with Crippen LogP contribution in [0, 0.1) is 5.92 Å². The maximum atomic E-state index is 14.1. The Hall–Kier alpha value is -1.38. The van der Waals surface area contributed by atoms with Crippen LogP contribution in [0.5, 0.6) is 0 Å². The quantitative estimate of drug-likeness (QED) is 0.765. The van der Waals surface area contributed by atoms with Crippen LogP contribution in [0.3, 0.4) is 0 Å². The largest absolute Gasteiger partial charge is 0.464 e. The monoisotopic (exact) mass is 250 g/mol. The van der Waals surface area contributed by atoms with Gasteiger partial charge in [0, 0.05) is 5.92 Å². The minimum absolute atomic E-state index is 0.144. The molecule has 0 N–H and O–H groups in total. The highest BCUT2D eigenvalue weighted by Gasteiger charge is 2.39. The van der Waals surface area contributed by atoms with Crippen LogP contribution < -0.4 is 0 Å². The first-order valence-corrected chi connectivity index (χ1v) is 6.59. The Morgan fingerprint density at radius 1 is 1.39 bits per heavy atom. The first-order chi connectivity index (χ1) is 8.74. The summed E-state index contributed by atoms with van der Waals surface area (Å²) < 4.78 is 18.9. The summed E-state index contributed by atoms with van der Waals surface area (Å²) in [6.07, 6.45) is 1.20. The molecule has 0 spiro atoms. The fourth-order valence-electron chi connectivity index (χ4n) is 2.85. The summed E-state index contributed by atoms with van der Waals surface area (Å²) in [6.45, 7) is 1.94. The first kappa shape index (κ1) is 13.1. The SMILES string of the molecule is CCOC(=O)C(F)C1CCCC1c1ccccc1. The number of hydrogen-bond donors (Lipinski definition) is 0. The van der Waals surface area contributed by atoms with Gasteiger partial charge < -0.3 is 4.74 Å². The second kappa shape index (κ2) is 5.98. The third kappa shape index (κ3) is 2.71. The Morgan fingerprint density at radius 3 is 2.78 bits per heavy atom. The van der Waals surface area contributed by atoms with E-state index in [1.165, 1.54) is 0 Å². The second-order valence-corrected chi connectivity index (χ2v) is 4.77. The average Bonchev–Trinajstić information content (AvgIpc) is 2.88. The highest BCUT2D eigenvalue weighted by Crippen LogP contribution is 2.42. The van der Waals surface area contributed by atoms with E-state index in [1.807, 2.05) is 30.3 Å². The highest BCUT2D eigenvalue weighted by molar-refractivity contribution is 5.75. The molecule has 0 saturated heterocycles. The number of carbonyl (C=O) groups excluding carboxylic acids is 1. The lowest BCUT2D eigenvalue weighted by Gasteiger charge is -2.22. The number of alkyl halides is 1. The van der Waals surface area contributed by atoms with Gasteiger partial charge >= 0.3 is 5.97 Å². The van der Waals surface area contributed by atoms with Gasteiger partial charge in [-0.1, -0.05) is 36.8 Å². The van der Waals surface area contributed by atoms with Crippen molar-refractivity contribution >= 4 is 5.97 Å². The molecule has 1 aliphatic carbocycles. The van der Waals surface area contributed by atoms with Crippen LogP contribution in [0.2, 0.25) is 0 Å². The molecule has 0 aliphatic heterocycles. The summed E-state index contributed by atoms with van der Waals surface area (Å²) in [4.78, 5) is 11.5. The van der Waals surface area contributed by atoms with Gasteiger partial charge in [0.2, 0.25) is 6.17 Å². The van der Waals surface area contributed by atoms with Crippen molar-refractivity contribution in [1.29, 1.82) is 0 Å². The zero-order valence-corrected chi connectivity index (χ0v) is 10.6. The lowest BCUT2D eigenvalue weighted by Crippen LogP contribution is -2.29. The van der Waals surface area contributed by atoms with Gasteiger partial charge in [0.1, 0.15) is 0 Å². The van der Waals surface area contributed by atoms with Crippen LogP contribution in [-0.2, 0) is 9.53 Å². The minimum atomic E-state index is -1.49. The molecule has 1 aromatic rings. The summed E-state index contributed by atoms with van der Waals surface area (Å²) in [5, 5.41) is 0. The third-order valence-electron chi connectivity index (χ3n) is 3.68. The second-order valence-electron chi connectivity index (χ2n) is 4.77. The summed E-state index contributed by atoms with van der Waals surface area (Å²) >= 11 is 0. The van der Waals surface area contributed by atoms with Gasteiger partial charge in [-0.05, 0) is 31.2 Å². The standard InChI is InChI=1S/C15H19FO2/c1-2-18-15(17)14(16)13-10-6-9-12(13)11-7-4-3-5-8-11/h3-5,7-8,12-14H,2,6,9-10H2,1H3. The van der Waals surface area contributed by atoms with Crippen molar-refractivity contribution in [2.24, 2.45) is 5.92 Å². The van der Waals surface area contributed by atoms with Gasteiger partial charge in [-0.15, -0.1) is 0 Å². The molecule has 2 rings (SSSR count). The summed E-state index contributed by atoms with van der Waals surface area (Å²) in [5.41, 5.74) is 1.13. The summed E-state index contributed by atoms with van der Waals surface area (Å²) in [5.74, 6) is -0.789. The number of benzene rings is 1. The molecule has 3 heteroatoms. The highest BCUT2D eigenvalue weighted by atomic mass is 19.1. The fourth-order valence-corrected chi connectivity index (χ4v) is 2.85. The summed E-state index contributed by atoms with van der Waals surface area (Å²) in [6, 6.07) is 9.90. The molecule has 98 valence electrons. The van der Waals surface area contributed by atoms with E-state index in [9.17, 15) is 9.18 Å². The number of hydrogen-bond acceptors (Lipinski definition) is 2. The molecule has 1 aromatic carbocycles. The topological polar surface area (TPSA) is 26.3 Å². The number of rotatable bonds is 4. The maximum absolute atomic E-state index is 14.1. The maximum Gasteiger partial charge on any atom is 0.341 e. The molecule has 0 heterocycles. The van der Waals surface area contributed by atoms with Crippen molar-refractivity contribution in [1.82, 2.24) is 0 Å². The van der Waals surface area contributed by atoms with Crippen LogP contribution >= 0.6 is 0 Å². The number of esters is 1. The minimum Gasteiger partial charge on any atom is -0.464 e. The lowest BCUT2D eigenvalue weighted by atomic mass is 9.86. The van der Waals surface area contributed by atoms with E-state index in [0.29, 0.717) is 0 Å². The van der Waals surface area contributed by atoms with Gasteiger partial charge in [-0.2, -0.15) is 0 Å². The molecule has 3 unspecified atom stereocenters. The van der Waals surface area contributed by atoms with Gasteiger partial charge in [-0.25, -0.2) is 9.18 Å². The Labute approximate surface area is 107 Å². The molecule has 1 fully saturated rings. The molecule has 2 nitrogen and oxygen atoms in total. The predicted molar refractivity (Wildman–Crippen MR) is 68.1 cm³/mol. The molecular formula is C15H19FO2. The van der Waals surface area contributed by atoms with Gasteiger partial charge in [0.15, 0.2) is 0 Å². The van der Waals surface area contributed by atoms with E-state index in [2.05, 4.69) is 0 Å². The smallest absolute Gasteiger partial charge is 0.341 e. The van der Waals surface area contributed by atoms with Gasteiger partial charge in [0.25, 0.3) is 0 Å². The van der Waals surface area contributed by atoms with E-state index in [1.54, 1.807) is 6.92 Å². The van der Waals surface area contributed by atoms with Crippen molar-refractivity contribution in [2.45, 2.75) is 38.3 Å². The zero-order valence-electron chi connectivity index (χ0n) is 10.6. The molecule has 1 aliphatic rings. The van der Waals surface area contributed by atoms with Crippen LogP contribution in [0.15, 0.2) is 30.3 Å². The molecule has 0 amide bonds. The third-order valence-corrected chi connectivity index (χ3v) is 3.68. The molecule has 3 atom stereocenters. The van der Waals surface area contributed by atoms with Gasteiger partial charge in [0.05, 0.1) is 6.61 Å².